The second-order valence-corrected chi connectivity index (χ2v) is 9.20. The Labute approximate surface area is 189 Å². The standard InChI is InChI=1S/C21H42N4O2.HI/c1-17-13-25(14-18(2)27-17)20(3,4)15-23-19(22-5)24-16-21(11-12-26-6)9-7-8-10-21;/h17-18H,7-16H2,1-6H3,(H2,22,23,24);1H. The normalized spacial score (nSPS) is 26.0. The van der Waals surface area contributed by atoms with E-state index in [1.807, 2.05) is 7.05 Å². The first-order valence-corrected chi connectivity index (χ1v) is 10.6. The van der Waals surface area contributed by atoms with Gasteiger partial charge in [0.05, 0.1) is 12.2 Å². The summed E-state index contributed by atoms with van der Waals surface area (Å²) in [5.41, 5.74) is 0.406. The average Bonchev–Trinajstić information content (AvgIpc) is 3.08. The molecule has 2 unspecified atom stereocenters. The highest BCUT2D eigenvalue weighted by Crippen LogP contribution is 2.40. The zero-order valence-corrected chi connectivity index (χ0v) is 21.2. The van der Waals surface area contributed by atoms with Gasteiger partial charge in [-0.25, -0.2) is 0 Å². The number of hydrogen-bond acceptors (Lipinski definition) is 4. The first kappa shape index (κ1) is 25.9. The number of morpholine rings is 1. The van der Waals surface area contributed by atoms with Gasteiger partial charge in [-0.2, -0.15) is 0 Å². The number of hydrogen-bond donors (Lipinski definition) is 2. The van der Waals surface area contributed by atoms with Crippen molar-refractivity contribution >= 4 is 29.9 Å². The summed E-state index contributed by atoms with van der Waals surface area (Å²) in [4.78, 5) is 6.99. The first-order chi connectivity index (χ1) is 12.8. The second kappa shape index (κ2) is 11.9. The van der Waals surface area contributed by atoms with E-state index in [2.05, 4.69) is 48.2 Å². The lowest BCUT2D eigenvalue weighted by atomic mass is 9.83. The SMILES string of the molecule is CN=C(NCC1(CCOC)CCCC1)NCC(C)(C)N1CC(C)OC(C)C1.I. The second-order valence-electron chi connectivity index (χ2n) is 9.20. The molecule has 2 rings (SSSR count). The molecule has 166 valence electrons. The molecular formula is C21H43IN4O2. The average molecular weight is 511 g/mol. The number of guanidine groups is 1. The van der Waals surface area contributed by atoms with E-state index in [1.54, 1.807) is 7.11 Å². The smallest absolute Gasteiger partial charge is 0.191 e. The summed E-state index contributed by atoms with van der Waals surface area (Å²) in [6, 6.07) is 0. The molecule has 2 N–H and O–H groups in total. The van der Waals surface area contributed by atoms with Crippen molar-refractivity contribution in [1.82, 2.24) is 15.5 Å². The molecule has 0 bridgehead atoms. The van der Waals surface area contributed by atoms with Gasteiger partial charge < -0.3 is 20.1 Å². The van der Waals surface area contributed by atoms with Gasteiger partial charge in [0.2, 0.25) is 0 Å². The zero-order valence-electron chi connectivity index (χ0n) is 18.8. The van der Waals surface area contributed by atoms with Gasteiger partial charge in [0.25, 0.3) is 0 Å². The summed E-state index contributed by atoms with van der Waals surface area (Å²) in [6.07, 6.45) is 6.94. The Morgan fingerprint density at radius 2 is 1.79 bits per heavy atom. The molecule has 2 aliphatic rings. The highest BCUT2D eigenvalue weighted by atomic mass is 127. The Hall–Kier alpha value is -0.120. The van der Waals surface area contributed by atoms with Crippen LogP contribution in [0, 0.1) is 5.41 Å². The van der Waals surface area contributed by atoms with Crippen LogP contribution < -0.4 is 10.6 Å². The molecule has 1 aliphatic heterocycles. The van der Waals surface area contributed by atoms with Crippen molar-refractivity contribution in [2.24, 2.45) is 10.4 Å². The van der Waals surface area contributed by atoms with E-state index < -0.39 is 0 Å². The van der Waals surface area contributed by atoms with E-state index in [0.29, 0.717) is 5.41 Å². The maximum atomic E-state index is 5.89. The molecule has 6 nitrogen and oxygen atoms in total. The Kier molecular flexibility index (Phi) is 11.0. The molecule has 28 heavy (non-hydrogen) atoms. The fourth-order valence-electron chi connectivity index (χ4n) is 4.53. The minimum atomic E-state index is 0. The third-order valence-electron chi connectivity index (χ3n) is 6.32. The predicted molar refractivity (Wildman–Crippen MR) is 128 cm³/mol. The third kappa shape index (κ3) is 7.61. The Morgan fingerprint density at radius 1 is 1.18 bits per heavy atom. The number of nitrogens with one attached hydrogen (secondary N) is 2. The van der Waals surface area contributed by atoms with Crippen molar-refractivity contribution in [3.05, 3.63) is 0 Å². The van der Waals surface area contributed by atoms with Crippen LogP contribution in [-0.4, -0.2) is 75.5 Å². The fraction of sp³-hybridized carbons (Fsp3) is 0.952. The Morgan fingerprint density at radius 3 is 2.32 bits per heavy atom. The molecular weight excluding hydrogens is 467 g/mol. The maximum absolute atomic E-state index is 5.89. The number of aliphatic imine (C=N–C) groups is 1. The van der Waals surface area contributed by atoms with Gasteiger partial charge in [0.15, 0.2) is 5.96 Å². The third-order valence-corrected chi connectivity index (χ3v) is 6.32. The van der Waals surface area contributed by atoms with Crippen LogP contribution in [0.3, 0.4) is 0 Å². The quantitative estimate of drug-likeness (QED) is 0.298. The zero-order chi connectivity index (χ0) is 19.9. The maximum Gasteiger partial charge on any atom is 0.191 e. The van der Waals surface area contributed by atoms with Gasteiger partial charge in [0.1, 0.15) is 0 Å². The van der Waals surface area contributed by atoms with Crippen molar-refractivity contribution in [1.29, 1.82) is 0 Å². The van der Waals surface area contributed by atoms with Crippen LogP contribution in [0.25, 0.3) is 0 Å². The summed E-state index contributed by atoms with van der Waals surface area (Å²) >= 11 is 0. The van der Waals surface area contributed by atoms with Gasteiger partial charge >= 0.3 is 0 Å². The molecule has 7 heteroatoms. The molecule has 0 spiro atoms. The van der Waals surface area contributed by atoms with Gasteiger partial charge in [-0.1, -0.05) is 12.8 Å². The van der Waals surface area contributed by atoms with Crippen LogP contribution in [0.15, 0.2) is 4.99 Å². The number of halogens is 1. The number of methoxy groups -OCH3 is 1. The van der Waals surface area contributed by atoms with E-state index in [9.17, 15) is 0 Å². The lowest BCUT2D eigenvalue weighted by molar-refractivity contribution is -0.0946. The van der Waals surface area contributed by atoms with Crippen LogP contribution in [-0.2, 0) is 9.47 Å². The summed E-state index contributed by atoms with van der Waals surface area (Å²) in [6.45, 7) is 13.6. The molecule has 1 aliphatic carbocycles. The summed E-state index contributed by atoms with van der Waals surface area (Å²) in [5, 5.41) is 7.15. The van der Waals surface area contributed by atoms with E-state index in [0.717, 1.165) is 45.2 Å². The predicted octanol–water partition coefficient (Wildman–Crippen LogP) is 3.25. The van der Waals surface area contributed by atoms with Crippen molar-refractivity contribution in [3.63, 3.8) is 0 Å². The van der Waals surface area contributed by atoms with Gasteiger partial charge in [-0.3, -0.25) is 9.89 Å². The van der Waals surface area contributed by atoms with Gasteiger partial charge in [-0.15, -0.1) is 24.0 Å². The topological polar surface area (TPSA) is 58.1 Å². The Bertz CT molecular complexity index is 471. The molecule has 2 atom stereocenters. The highest BCUT2D eigenvalue weighted by Gasteiger charge is 2.35. The first-order valence-electron chi connectivity index (χ1n) is 10.6. The molecule has 2 fully saturated rings. The van der Waals surface area contributed by atoms with Crippen LogP contribution in [0.5, 0.6) is 0 Å². The van der Waals surface area contributed by atoms with E-state index in [1.165, 1.54) is 25.7 Å². The van der Waals surface area contributed by atoms with Crippen LogP contribution in [0.1, 0.15) is 59.8 Å². The summed E-state index contributed by atoms with van der Waals surface area (Å²) < 4.78 is 11.2. The molecule has 0 radical (unpaired) electrons. The summed E-state index contributed by atoms with van der Waals surface area (Å²) in [7, 11) is 3.66. The number of nitrogens with zero attached hydrogens (tertiary/aromatic N) is 2. The van der Waals surface area contributed by atoms with Crippen molar-refractivity contribution in [3.8, 4) is 0 Å². The van der Waals surface area contributed by atoms with Crippen molar-refractivity contribution in [2.45, 2.75) is 77.5 Å². The molecule has 1 heterocycles. The van der Waals surface area contributed by atoms with Gasteiger partial charge in [-0.05, 0) is 52.4 Å². The molecule has 0 aromatic heterocycles. The molecule has 1 saturated carbocycles. The van der Waals surface area contributed by atoms with Crippen molar-refractivity contribution in [2.75, 3.05) is 46.9 Å². The van der Waals surface area contributed by atoms with Crippen LogP contribution >= 0.6 is 24.0 Å². The molecule has 0 amide bonds. The molecule has 1 saturated heterocycles. The molecule has 0 aromatic carbocycles. The molecule has 0 aromatic rings. The minimum Gasteiger partial charge on any atom is -0.385 e. The summed E-state index contributed by atoms with van der Waals surface area (Å²) in [5.74, 6) is 0.904. The van der Waals surface area contributed by atoms with Crippen LogP contribution in [0.2, 0.25) is 0 Å². The van der Waals surface area contributed by atoms with Gasteiger partial charge in [0, 0.05) is 52.5 Å². The van der Waals surface area contributed by atoms with E-state index in [4.69, 9.17) is 9.47 Å². The fourth-order valence-corrected chi connectivity index (χ4v) is 4.53. The monoisotopic (exact) mass is 510 g/mol. The lowest BCUT2D eigenvalue weighted by Gasteiger charge is -2.45. The highest BCUT2D eigenvalue weighted by molar-refractivity contribution is 14.0. The number of rotatable bonds is 8. The largest absolute Gasteiger partial charge is 0.385 e. The van der Waals surface area contributed by atoms with Crippen molar-refractivity contribution < 1.29 is 9.47 Å². The van der Waals surface area contributed by atoms with Crippen LogP contribution in [0.4, 0.5) is 0 Å². The minimum absolute atomic E-state index is 0. The lowest BCUT2D eigenvalue weighted by Crippen LogP contribution is -2.59. The number of ether oxygens (including phenoxy) is 2. The van der Waals surface area contributed by atoms with E-state index >= 15 is 0 Å². The van der Waals surface area contributed by atoms with E-state index in [-0.39, 0.29) is 41.7 Å². The Balaban J connectivity index is 0.00000392.